The van der Waals surface area contributed by atoms with E-state index in [1.54, 1.807) is 28.7 Å². The van der Waals surface area contributed by atoms with Crippen molar-refractivity contribution in [2.45, 2.75) is 50.8 Å². The number of nitrogens with one attached hydrogen (secondary N) is 1. The third kappa shape index (κ3) is 4.92. The number of likely N-dealkylation sites (tertiary alicyclic amines) is 1. The maximum Gasteiger partial charge on any atom is 0.242 e. The molecular formula is C32H35FN8O3. The Morgan fingerprint density at radius 3 is 2.66 bits per heavy atom. The Balaban J connectivity index is 1.26. The number of ether oxygens (including phenoxy) is 1. The summed E-state index contributed by atoms with van der Waals surface area (Å²) in [6, 6.07) is 8.86. The summed E-state index contributed by atoms with van der Waals surface area (Å²) in [5.74, 6) is 0.353. The lowest BCUT2D eigenvalue weighted by molar-refractivity contribution is -0.130. The highest BCUT2D eigenvalue weighted by atomic mass is 19.1. The van der Waals surface area contributed by atoms with Crippen molar-refractivity contribution < 1.29 is 18.7 Å². The maximum atomic E-state index is 15.7. The summed E-state index contributed by atoms with van der Waals surface area (Å²) in [5, 5.41) is 14.0. The Hall–Kier alpha value is -4.58. The van der Waals surface area contributed by atoms with Crippen molar-refractivity contribution in [2.24, 2.45) is 14.1 Å². The predicted molar refractivity (Wildman–Crippen MR) is 162 cm³/mol. The number of hydrogen-bond acceptors (Lipinski definition) is 6. The second-order valence-corrected chi connectivity index (χ2v) is 11.8. The highest BCUT2D eigenvalue weighted by Crippen LogP contribution is 2.40. The number of hydrogen-bond donors (Lipinski definition) is 1. The molecule has 0 aliphatic carbocycles. The zero-order valence-corrected chi connectivity index (χ0v) is 25.0. The second kappa shape index (κ2) is 11.2. The average molecular weight is 599 g/mol. The number of aromatic nitrogens is 6. The van der Waals surface area contributed by atoms with Gasteiger partial charge in [0.1, 0.15) is 24.3 Å². The van der Waals surface area contributed by atoms with E-state index < -0.39 is 0 Å². The molecule has 2 aromatic carbocycles. The quantitative estimate of drug-likeness (QED) is 0.318. The number of carbonyl (C=O) groups excluding carboxylic acids is 2. The number of amides is 2. The van der Waals surface area contributed by atoms with E-state index in [9.17, 15) is 9.59 Å². The summed E-state index contributed by atoms with van der Waals surface area (Å²) in [6.45, 7) is 3.38. The van der Waals surface area contributed by atoms with Gasteiger partial charge in [0, 0.05) is 75.4 Å². The van der Waals surface area contributed by atoms with Crippen molar-refractivity contribution in [1.29, 1.82) is 0 Å². The normalized spacial score (nSPS) is 19.3. The van der Waals surface area contributed by atoms with E-state index >= 15 is 4.39 Å². The van der Waals surface area contributed by atoms with Crippen LogP contribution in [0.2, 0.25) is 0 Å². The van der Waals surface area contributed by atoms with Crippen molar-refractivity contribution >= 4 is 33.6 Å². The van der Waals surface area contributed by atoms with Gasteiger partial charge in [-0.1, -0.05) is 12.1 Å². The largest absolute Gasteiger partial charge is 0.368 e. The fraction of sp³-hybridized carbons (Fsp3) is 0.406. The van der Waals surface area contributed by atoms with Crippen molar-refractivity contribution in [2.75, 3.05) is 19.7 Å². The Labute approximate surface area is 253 Å². The molecule has 3 aromatic heterocycles. The van der Waals surface area contributed by atoms with E-state index in [0.29, 0.717) is 31.7 Å². The van der Waals surface area contributed by atoms with Crippen LogP contribution in [0.1, 0.15) is 49.7 Å². The van der Waals surface area contributed by atoms with E-state index in [2.05, 4.69) is 15.4 Å². The molecule has 11 nitrogen and oxygen atoms in total. The van der Waals surface area contributed by atoms with Gasteiger partial charge in [-0.25, -0.2) is 9.37 Å². The summed E-state index contributed by atoms with van der Waals surface area (Å²) in [5.41, 5.74) is 3.58. The van der Waals surface area contributed by atoms with E-state index in [-0.39, 0.29) is 42.2 Å². The molecule has 2 atom stereocenters. The van der Waals surface area contributed by atoms with Crippen LogP contribution in [0.4, 0.5) is 4.39 Å². The van der Waals surface area contributed by atoms with Crippen LogP contribution >= 0.6 is 0 Å². The molecule has 0 spiro atoms. The molecule has 5 aromatic rings. The number of imidazole rings is 1. The van der Waals surface area contributed by atoms with Crippen LogP contribution in [0.25, 0.3) is 32.9 Å². The van der Waals surface area contributed by atoms with Gasteiger partial charge in [-0.3, -0.25) is 19.0 Å². The molecule has 12 heteroatoms. The Morgan fingerprint density at radius 2 is 1.91 bits per heavy atom. The second-order valence-electron chi connectivity index (χ2n) is 11.8. The first-order valence-corrected chi connectivity index (χ1v) is 15.0. The van der Waals surface area contributed by atoms with Crippen LogP contribution in [0.5, 0.6) is 0 Å². The third-order valence-corrected chi connectivity index (χ3v) is 9.10. The molecule has 2 fully saturated rings. The minimum atomic E-state index is -0.345. The number of halogens is 1. The molecule has 2 aliphatic heterocycles. The van der Waals surface area contributed by atoms with Gasteiger partial charge >= 0.3 is 0 Å². The van der Waals surface area contributed by atoms with Gasteiger partial charge < -0.3 is 19.5 Å². The molecule has 2 saturated heterocycles. The fourth-order valence-electron chi connectivity index (χ4n) is 6.77. The molecule has 2 aliphatic rings. The van der Waals surface area contributed by atoms with Crippen molar-refractivity contribution in [1.82, 2.24) is 39.3 Å². The van der Waals surface area contributed by atoms with Crippen LogP contribution in [-0.4, -0.2) is 71.6 Å². The average Bonchev–Trinajstić information content (AvgIpc) is 3.80. The molecule has 44 heavy (non-hydrogen) atoms. The standard InChI is InChI=1S/C32H35FN8O3/c1-19(42)40-11-7-20(8-12-40)30-29-22(23-16-27-21(15-24(23)33)17-35-39(27)3)5-4-6-26(29)41(37-30)18-28(43)36-25-9-14-44-31(25)32-34-10-13-38(32)2/h4-6,10,13,15-17,20,25,31H,7-9,11-12,14,18H2,1-3H3,(H,36,43)/t25-,31-/m1/s1. The van der Waals surface area contributed by atoms with Gasteiger partial charge in [0.05, 0.1) is 29.0 Å². The first-order chi connectivity index (χ1) is 21.3. The van der Waals surface area contributed by atoms with Crippen LogP contribution < -0.4 is 5.32 Å². The summed E-state index contributed by atoms with van der Waals surface area (Å²) in [6.07, 6.45) is 7.07. The molecule has 0 saturated carbocycles. The van der Waals surface area contributed by atoms with Gasteiger partial charge in [-0.2, -0.15) is 10.2 Å². The molecule has 7 rings (SSSR count). The van der Waals surface area contributed by atoms with E-state index in [1.807, 2.05) is 54.0 Å². The number of benzene rings is 2. The lowest BCUT2D eigenvalue weighted by Gasteiger charge is -2.30. The first-order valence-electron chi connectivity index (χ1n) is 15.0. The van der Waals surface area contributed by atoms with E-state index in [1.165, 1.54) is 6.07 Å². The summed E-state index contributed by atoms with van der Waals surface area (Å²) in [7, 11) is 3.75. The highest BCUT2D eigenvalue weighted by Gasteiger charge is 2.34. The first kappa shape index (κ1) is 28.2. The molecule has 1 N–H and O–H groups in total. The summed E-state index contributed by atoms with van der Waals surface area (Å²) in [4.78, 5) is 31.8. The maximum absolute atomic E-state index is 15.7. The smallest absolute Gasteiger partial charge is 0.242 e. The molecule has 5 heterocycles. The van der Waals surface area contributed by atoms with Crippen molar-refractivity contribution in [3.05, 3.63) is 66.3 Å². The van der Waals surface area contributed by atoms with Crippen LogP contribution in [0.15, 0.2) is 48.9 Å². The van der Waals surface area contributed by atoms with Crippen LogP contribution in [0, 0.1) is 5.82 Å². The number of carbonyl (C=O) groups is 2. The summed E-state index contributed by atoms with van der Waals surface area (Å²) < 4.78 is 27.0. The molecular weight excluding hydrogens is 563 g/mol. The van der Waals surface area contributed by atoms with Crippen molar-refractivity contribution in [3.8, 4) is 11.1 Å². The molecule has 0 unspecified atom stereocenters. The lowest BCUT2D eigenvalue weighted by Crippen LogP contribution is -2.39. The molecule has 228 valence electrons. The molecule has 0 bridgehead atoms. The Bertz CT molecular complexity index is 1880. The monoisotopic (exact) mass is 598 g/mol. The Kier molecular flexibility index (Phi) is 7.16. The van der Waals surface area contributed by atoms with E-state index in [4.69, 9.17) is 9.84 Å². The fourth-order valence-corrected chi connectivity index (χ4v) is 6.77. The third-order valence-electron chi connectivity index (χ3n) is 9.10. The molecule has 2 amide bonds. The van der Waals surface area contributed by atoms with Gasteiger partial charge in [0.15, 0.2) is 0 Å². The van der Waals surface area contributed by atoms with Gasteiger partial charge in [-0.15, -0.1) is 0 Å². The highest BCUT2D eigenvalue weighted by molar-refractivity contribution is 6.00. The van der Waals surface area contributed by atoms with Crippen LogP contribution in [0.3, 0.4) is 0 Å². The van der Waals surface area contributed by atoms with E-state index in [0.717, 1.165) is 51.7 Å². The minimum absolute atomic E-state index is 0.000717. The number of fused-ring (bicyclic) bond motifs is 2. The number of nitrogens with zero attached hydrogens (tertiary/aromatic N) is 7. The Morgan fingerprint density at radius 1 is 1.09 bits per heavy atom. The number of piperidine rings is 1. The van der Waals surface area contributed by atoms with Gasteiger partial charge in [0.2, 0.25) is 11.8 Å². The predicted octanol–water partition coefficient (Wildman–Crippen LogP) is 3.83. The lowest BCUT2D eigenvalue weighted by atomic mass is 9.89. The zero-order valence-electron chi connectivity index (χ0n) is 25.0. The zero-order chi connectivity index (χ0) is 30.5. The van der Waals surface area contributed by atoms with Crippen LogP contribution in [-0.2, 0) is 35.0 Å². The topological polar surface area (TPSA) is 112 Å². The number of rotatable bonds is 6. The summed E-state index contributed by atoms with van der Waals surface area (Å²) >= 11 is 0. The van der Waals surface area contributed by atoms with Gasteiger partial charge in [-0.05, 0) is 43.0 Å². The SMILES string of the molecule is CC(=O)N1CCC(c2nn(CC(=O)N[C@@H]3CCO[C@H]3c3nccn3C)c3cccc(-c4cc5c(cnn5C)cc4F)c23)CC1. The molecule has 0 radical (unpaired) electrons. The minimum Gasteiger partial charge on any atom is -0.368 e. The van der Waals surface area contributed by atoms with Crippen molar-refractivity contribution in [3.63, 3.8) is 0 Å². The van der Waals surface area contributed by atoms with Gasteiger partial charge in [0.25, 0.3) is 0 Å². The number of aryl methyl sites for hydroxylation is 2.